The van der Waals surface area contributed by atoms with Crippen LogP contribution in [0.2, 0.25) is 0 Å². The summed E-state index contributed by atoms with van der Waals surface area (Å²) in [7, 11) is 1.54. The molecular formula is C18H20N4O4. The van der Waals surface area contributed by atoms with Crippen LogP contribution < -0.4 is 10.9 Å². The lowest BCUT2D eigenvalue weighted by molar-refractivity contribution is 0.0931. The summed E-state index contributed by atoms with van der Waals surface area (Å²) < 4.78 is 11.5. The Balaban J connectivity index is 1.96. The summed E-state index contributed by atoms with van der Waals surface area (Å²) in [5, 5.41) is 7.12. The molecule has 0 aliphatic rings. The Bertz CT molecular complexity index is 987. The number of carbonyl (C=O) groups excluding carboxylic acids is 1. The van der Waals surface area contributed by atoms with Gasteiger partial charge in [-0.05, 0) is 26.0 Å². The van der Waals surface area contributed by atoms with Gasteiger partial charge in [0.2, 0.25) is 5.82 Å². The molecule has 0 bridgehead atoms. The van der Waals surface area contributed by atoms with E-state index in [0.29, 0.717) is 29.0 Å². The van der Waals surface area contributed by atoms with Crippen LogP contribution in [0.15, 0.2) is 33.6 Å². The number of methoxy groups -OCH3 is 1. The van der Waals surface area contributed by atoms with Crippen LogP contribution >= 0.6 is 0 Å². The Hall–Kier alpha value is -3.00. The van der Waals surface area contributed by atoms with Gasteiger partial charge in [0.15, 0.2) is 0 Å². The number of fused-ring (bicyclic) bond motifs is 1. The number of amides is 1. The first kappa shape index (κ1) is 17.8. The molecule has 0 fully saturated rings. The summed E-state index contributed by atoms with van der Waals surface area (Å²) in [6, 6.07) is 6.95. The second-order valence-electron chi connectivity index (χ2n) is 5.89. The van der Waals surface area contributed by atoms with Gasteiger partial charge in [-0.25, -0.2) is 4.98 Å². The van der Waals surface area contributed by atoms with E-state index in [9.17, 15) is 9.59 Å². The van der Waals surface area contributed by atoms with Crippen molar-refractivity contribution in [1.29, 1.82) is 0 Å². The minimum Gasteiger partial charge on any atom is -0.383 e. The highest BCUT2D eigenvalue weighted by Gasteiger charge is 2.18. The van der Waals surface area contributed by atoms with Crippen molar-refractivity contribution >= 4 is 16.8 Å². The summed E-state index contributed by atoms with van der Waals surface area (Å²) in [5.74, 6) is 0.257. The molecule has 3 rings (SSSR count). The molecule has 0 atom stereocenters. The smallest absolute Gasteiger partial charge is 0.287 e. The van der Waals surface area contributed by atoms with E-state index in [1.807, 2.05) is 0 Å². The average Bonchev–Trinajstić information content (AvgIpc) is 2.96. The number of ether oxygens (including phenoxy) is 1. The molecule has 0 saturated heterocycles. The third-order valence-electron chi connectivity index (χ3n) is 4.19. The maximum atomic E-state index is 12.8. The Morgan fingerprint density at radius 3 is 2.77 bits per heavy atom. The highest BCUT2D eigenvalue weighted by atomic mass is 16.5. The van der Waals surface area contributed by atoms with Crippen molar-refractivity contribution in [3.8, 4) is 0 Å². The fraction of sp³-hybridized carbons (Fsp3) is 0.333. The summed E-state index contributed by atoms with van der Waals surface area (Å²) in [4.78, 5) is 29.9. The van der Waals surface area contributed by atoms with E-state index in [4.69, 9.17) is 9.26 Å². The fourth-order valence-corrected chi connectivity index (χ4v) is 2.73. The van der Waals surface area contributed by atoms with Gasteiger partial charge in [0.1, 0.15) is 5.76 Å². The van der Waals surface area contributed by atoms with Crippen molar-refractivity contribution in [2.24, 2.45) is 0 Å². The van der Waals surface area contributed by atoms with Crippen LogP contribution in [0.3, 0.4) is 0 Å². The summed E-state index contributed by atoms with van der Waals surface area (Å²) in [6.45, 7) is 4.36. The number of nitrogens with one attached hydrogen (secondary N) is 1. The second-order valence-corrected chi connectivity index (χ2v) is 5.89. The number of benzene rings is 1. The summed E-state index contributed by atoms with van der Waals surface area (Å²) in [6.07, 6.45) is 0. The van der Waals surface area contributed by atoms with Gasteiger partial charge in [-0.15, -0.1) is 0 Å². The average molecular weight is 356 g/mol. The molecule has 1 aromatic carbocycles. The van der Waals surface area contributed by atoms with E-state index in [0.717, 1.165) is 5.56 Å². The third kappa shape index (κ3) is 3.36. The second kappa shape index (κ2) is 7.49. The van der Waals surface area contributed by atoms with Crippen LogP contribution in [0.25, 0.3) is 10.9 Å². The molecule has 136 valence electrons. The molecule has 26 heavy (non-hydrogen) atoms. The molecular weight excluding hydrogens is 336 g/mol. The molecule has 2 heterocycles. The lowest BCUT2D eigenvalue weighted by atomic mass is 10.2. The number of aryl methyl sites for hydroxylation is 2. The van der Waals surface area contributed by atoms with Crippen molar-refractivity contribution in [3.63, 3.8) is 0 Å². The maximum Gasteiger partial charge on any atom is 0.287 e. The van der Waals surface area contributed by atoms with Gasteiger partial charge < -0.3 is 14.6 Å². The molecule has 1 amide bonds. The predicted octanol–water partition coefficient (Wildman–Crippen LogP) is 1.58. The molecule has 3 aromatic rings. The van der Waals surface area contributed by atoms with Crippen LogP contribution in [0.1, 0.15) is 27.6 Å². The molecule has 0 aliphatic heterocycles. The van der Waals surface area contributed by atoms with Crippen molar-refractivity contribution in [2.45, 2.75) is 26.9 Å². The minimum absolute atomic E-state index is 0.0533. The van der Waals surface area contributed by atoms with Gasteiger partial charge in [-0.1, -0.05) is 17.3 Å². The Morgan fingerprint density at radius 2 is 2.08 bits per heavy atom. The van der Waals surface area contributed by atoms with Gasteiger partial charge in [0.25, 0.3) is 11.5 Å². The normalized spacial score (nSPS) is 11.0. The van der Waals surface area contributed by atoms with Crippen molar-refractivity contribution in [3.05, 3.63) is 57.5 Å². The van der Waals surface area contributed by atoms with Crippen LogP contribution in [-0.4, -0.2) is 34.3 Å². The van der Waals surface area contributed by atoms with Crippen molar-refractivity contribution in [1.82, 2.24) is 20.0 Å². The Kier molecular flexibility index (Phi) is 5.13. The number of aromatic nitrogens is 3. The molecule has 1 N–H and O–H groups in total. The van der Waals surface area contributed by atoms with E-state index in [2.05, 4.69) is 15.5 Å². The SMILES string of the molecule is COCCn1c(C(=O)NCc2c(C)noc2C)nc2ccccc2c1=O. The molecule has 0 spiro atoms. The molecule has 0 aliphatic carbocycles. The zero-order valence-corrected chi connectivity index (χ0v) is 14.9. The lowest BCUT2D eigenvalue weighted by Crippen LogP contribution is -2.34. The quantitative estimate of drug-likeness (QED) is 0.720. The van der Waals surface area contributed by atoms with E-state index in [1.54, 1.807) is 38.1 Å². The first-order chi connectivity index (χ1) is 12.5. The molecule has 0 unspecified atom stereocenters. The largest absolute Gasteiger partial charge is 0.383 e. The van der Waals surface area contributed by atoms with Gasteiger partial charge in [-0.2, -0.15) is 0 Å². The zero-order chi connectivity index (χ0) is 18.7. The Labute approximate surface area is 149 Å². The molecule has 8 nitrogen and oxygen atoms in total. The van der Waals surface area contributed by atoms with Gasteiger partial charge in [0, 0.05) is 19.2 Å². The first-order valence-corrected chi connectivity index (χ1v) is 8.21. The van der Waals surface area contributed by atoms with Gasteiger partial charge >= 0.3 is 0 Å². The number of carbonyl (C=O) groups is 1. The number of para-hydroxylation sites is 1. The molecule has 2 aromatic heterocycles. The predicted molar refractivity (Wildman–Crippen MR) is 95.0 cm³/mol. The summed E-state index contributed by atoms with van der Waals surface area (Å²) in [5.41, 5.74) is 1.74. The van der Waals surface area contributed by atoms with E-state index in [1.165, 1.54) is 11.7 Å². The lowest BCUT2D eigenvalue weighted by Gasteiger charge is -2.13. The number of nitrogens with zero attached hydrogens (tertiary/aromatic N) is 3. The van der Waals surface area contributed by atoms with Gasteiger partial charge in [0.05, 0.1) is 29.7 Å². The first-order valence-electron chi connectivity index (χ1n) is 8.21. The topological polar surface area (TPSA) is 99.2 Å². The molecule has 0 radical (unpaired) electrons. The van der Waals surface area contributed by atoms with Crippen molar-refractivity contribution in [2.75, 3.05) is 13.7 Å². The number of hydrogen-bond donors (Lipinski definition) is 1. The highest BCUT2D eigenvalue weighted by molar-refractivity contribution is 5.93. The van der Waals surface area contributed by atoms with Crippen molar-refractivity contribution < 1.29 is 14.1 Å². The minimum atomic E-state index is -0.441. The standard InChI is InChI=1S/C18H20N4O4/c1-11-14(12(2)26-21-11)10-19-17(23)16-20-15-7-5-4-6-13(15)18(24)22(16)8-9-25-3/h4-7H,8-10H2,1-3H3,(H,19,23). The van der Waals surface area contributed by atoms with E-state index in [-0.39, 0.29) is 24.5 Å². The monoisotopic (exact) mass is 356 g/mol. The third-order valence-corrected chi connectivity index (χ3v) is 4.19. The highest BCUT2D eigenvalue weighted by Crippen LogP contribution is 2.12. The van der Waals surface area contributed by atoms with Crippen LogP contribution in [0.5, 0.6) is 0 Å². The number of rotatable bonds is 6. The van der Waals surface area contributed by atoms with Gasteiger partial charge in [-0.3, -0.25) is 14.2 Å². The van der Waals surface area contributed by atoms with Crippen LogP contribution in [0.4, 0.5) is 0 Å². The Morgan fingerprint density at radius 1 is 1.31 bits per heavy atom. The molecule has 8 heteroatoms. The fourth-order valence-electron chi connectivity index (χ4n) is 2.73. The van der Waals surface area contributed by atoms with Crippen LogP contribution in [-0.2, 0) is 17.8 Å². The van der Waals surface area contributed by atoms with E-state index >= 15 is 0 Å². The zero-order valence-electron chi connectivity index (χ0n) is 14.9. The number of hydrogen-bond acceptors (Lipinski definition) is 6. The van der Waals surface area contributed by atoms with E-state index < -0.39 is 5.91 Å². The van der Waals surface area contributed by atoms with Crippen LogP contribution in [0, 0.1) is 13.8 Å². The summed E-state index contributed by atoms with van der Waals surface area (Å²) >= 11 is 0. The maximum absolute atomic E-state index is 12.8. The molecule has 0 saturated carbocycles.